The monoisotopic (exact) mass is 259 g/mol. The predicted molar refractivity (Wildman–Crippen MR) is 75.8 cm³/mol. The van der Waals surface area contributed by atoms with Gasteiger partial charge in [0.05, 0.1) is 6.10 Å². The fraction of sp³-hybridized carbons (Fsp3) is 0.533. The Bertz CT molecular complexity index is 537. The summed E-state index contributed by atoms with van der Waals surface area (Å²) in [5.74, 6) is 0. The Balaban J connectivity index is 1.68. The number of aliphatic hydroxyl groups is 1. The van der Waals surface area contributed by atoms with Gasteiger partial charge in [-0.3, -0.25) is 0 Å². The second-order valence-corrected chi connectivity index (χ2v) is 5.41. The molecular weight excluding hydrogens is 238 g/mol. The van der Waals surface area contributed by atoms with Gasteiger partial charge in [0, 0.05) is 30.4 Å². The number of pyridine rings is 1. The molecule has 2 atom stereocenters. The number of nitrogens with one attached hydrogen (secondary N) is 2. The molecule has 2 heterocycles. The van der Waals surface area contributed by atoms with Crippen LogP contribution in [0.5, 0.6) is 0 Å². The van der Waals surface area contributed by atoms with Gasteiger partial charge in [0.25, 0.3) is 0 Å². The van der Waals surface area contributed by atoms with Gasteiger partial charge < -0.3 is 15.4 Å². The van der Waals surface area contributed by atoms with Gasteiger partial charge in [0.1, 0.15) is 5.65 Å². The molecule has 102 valence electrons. The fourth-order valence-corrected chi connectivity index (χ4v) is 2.93. The average molecular weight is 259 g/mol. The van der Waals surface area contributed by atoms with E-state index in [9.17, 15) is 5.11 Å². The van der Waals surface area contributed by atoms with E-state index in [0.717, 1.165) is 36.8 Å². The quantitative estimate of drug-likeness (QED) is 0.741. The molecule has 3 N–H and O–H groups in total. The fourth-order valence-electron chi connectivity index (χ4n) is 2.93. The van der Waals surface area contributed by atoms with Crippen molar-refractivity contribution in [2.75, 3.05) is 0 Å². The van der Waals surface area contributed by atoms with Gasteiger partial charge in [-0.2, -0.15) is 0 Å². The molecule has 0 aliphatic heterocycles. The Hall–Kier alpha value is -1.39. The Morgan fingerprint density at radius 3 is 3.16 bits per heavy atom. The summed E-state index contributed by atoms with van der Waals surface area (Å²) in [7, 11) is 0. The molecule has 0 bridgehead atoms. The molecule has 1 saturated carbocycles. The van der Waals surface area contributed by atoms with E-state index in [1.807, 2.05) is 12.3 Å². The second kappa shape index (κ2) is 5.72. The van der Waals surface area contributed by atoms with Crippen LogP contribution in [0.15, 0.2) is 24.5 Å². The zero-order chi connectivity index (χ0) is 13.1. The van der Waals surface area contributed by atoms with Crippen molar-refractivity contribution in [2.45, 2.75) is 50.8 Å². The zero-order valence-electron chi connectivity index (χ0n) is 11.1. The van der Waals surface area contributed by atoms with Crippen LogP contribution in [0.2, 0.25) is 0 Å². The standard InChI is InChI=1S/C15H21N3O/c19-14-7-3-1-2-6-13(14)17-9-11-10-18-15-12(11)5-4-8-16-15/h4-5,8,10,13-14,17,19H,1-3,6-7,9H2,(H,16,18). The van der Waals surface area contributed by atoms with Gasteiger partial charge >= 0.3 is 0 Å². The van der Waals surface area contributed by atoms with Crippen LogP contribution in [0, 0.1) is 0 Å². The molecule has 1 aliphatic carbocycles. The molecule has 0 amide bonds. The highest BCUT2D eigenvalue weighted by Gasteiger charge is 2.21. The number of hydrogen-bond acceptors (Lipinski definition) is 3. The van der Waals surface area contributed by atoms with E-state index < -0.39 is 0 Å². The smallest absolute Gasteiger partial charge is 0.137 e. The Labute approximate surface area is 113 Å². The first-order chi connectivity index (χ1) is 9.34. The molecule has 4 heteroatoms. The Kier molecular flexibility index (Phi) is 3.80. The summed E-state index contributed by atoms with van der Waals surface area (Å²) >= 11 is 0. The van der Waals surface area contributed by atoms with Crippen molar-refractivity contribution in [3.8, 4) is 0 Å². The highest BCUT2D eigenvalue weighted by Crippen LogP contribution is 2.20. The number of H-pyrrole nitrogens is 1. The highest BCUT2D eigenvalue weighted by molar-refractivity contribution is 5.79. The summed E-state index contributed by atoms with van der Waals surface area (Å²) < 4.78 is 0. The lowest BCUT2D eigenvalue weighted by atomic mass is 10.1. The number of aromatic nitrogens is 2. The zero-order valence-corrected chi connectivity index (χ0v) is 11.1. The minimum absolute atomic E-state index is 0.203. The van der Waals surface area contributed by atoms with E-state index in [1.54, 1.807) is 6.20 Å². The first-order valence-electron chi connectivity index (χ1n) is 7.17. The van der Waals surface area contributed by atoms with Crippen LogP contribution in [-0.4, -0.2) is 27.2 Å². The first kappa shape index (κ1) is 12.6. The van der Waals surface area contributed by atoms with Crippen molar-refractivity contribution in [2.24, 2.45) is 0 Å². The Morgan fingerprint density at radius 2 is 2.21 bits per heavy atom. The molecule has 2 aromatic heterocycles. The highest BCUT2D eigenvalue weighted by atomic mass is 16.3. The third-order valence-corrected chi connectivity index (χ3v) is 4.07. The van der Waals surface area contributed by atoms with Gasteiger partial charge in [-0.15, -0.1) is 0 Å². The third kappa shape index (κ3) is 2.80. The summed E-state index contributed by atoms with van der Waals surface area (Å²) in [6.07, 6.45) is 9.20. The molecule has 2 unspecified atom stereocenters. The summed E-state index contributed by atoms with van der Waals surface area (Å²) in [4.78, 5) is 7.48. The van der Waals surface area contributed by atoms with Crippen molar-refractivity contribution in [3.05, 3.63) is 30.1 Å². The molecule has 19 heavy (non-hydrogen) atoms. The molecule has 4 nitrogen and oxygen atoms in total. The largest absolute Gasteiger partial charge is 0.392 e. The van der Waals surface area contributed by atoms with Gasteiger partial charge in [0.2, 0.25) is 0 Å². The van der Waals surface area contributed by atoms with Crippen molar-refractivity contribution in [3.63, 3.8) is 0 Å². The molecule has 0 saturated heterocycles. The third-order valence-electron chi connectivity index (χ3n) is 4.07. The van der Waals surface area contributed by atoms with Gasteiger partial charge in [-0.05, 0) is 30.5 Å². The average Bonchev–Trinajstić information content (AvgIpc) is 2.73. The number of aromatic amines is 1. The van der Waals surface area contributed by atoms with Crippen LogP contribution in [0.25, 0.3) is 11.0 Å². The van der Waals surface area contributed by atoms with E-state index in [2.05, 4.69) is 21.4 Å². The minimum atomic E-state index is -0.203. The van der Waals surface area contributed by atoms with Crippen molar-refractivity contribution in [1.29, 1.82) is 0 Å². The van der Waals surface area contributed by atoms with Crippen LogP contribution in [0.3, 0.4) is 0 Å². The maximum absolute atomic E-state index is 10.1. The molecule has 0 spiro atoms. The van der Waals surface area contributed by atoms with E-state index in [-0.39, 0.29) is 12.1 Å². The molecule has 1 fully saturated rings. The molecule has 2 aromatic rings. The number of rotatable bonds is 3. The van der Waals surface area contributed by atoms with E-state index in [0.29, 0.717) is 0 Å². The summed E-state index contributed by atoms with van der Waals surface area (Å²) in [6, 6.07) is 4.27. The topological polar surface area (TPSA) is 60.9 Å². The molecule has 0 radical (unpaired) electrons. The summed E-state index contributed by atoms with van der Waals surface area (Å²) in [5.41, 5.74) is 2.15. The van der Waals surface area contributed by atoms with E-state index in [1.165, 1.54) is 18.4 Å². The van der Waals surface area contributed by atoms with Crippen LogP contribution in [-0.2, 0) is 6.54 Å². The predicted octanol–water partition coefficient (Wildman–Crippen LogP) is 2.35. The maximum Gasteiger partial charge on any atom is 0.137 e. The van der Waals surface area contributed by atoms with Crippen LogP contribution >= 0.6 is 0 Å². The lowest BCUT2D eigenvalue weighted by molar-refractivity contribution is 0.119. The van der Waals surface area contributed by atoms with Crippen molar-refractivity contribution in [1.82, 2.24) is 15.3 Å². The number of fused-ring (bicyclic) bond motifs is 1. The molecule has 0 aromatic carbocycles. The number of hydrogen-bond donors (Lipinski definition) is 3. The van der Waals surface area contributed by atoms with E-state index in [4.69, 9.17) is 0 Å². The Morgan fingerprint density at radius 1 is 1.32 bits per heavy atom. The van der Waals surface area contributed by atoms with Crippen LogP contribution in [0.1, 0.15) is 37.7 Å². The van der Waals surface area contributed by atoms with Crippen molar-refractivity contribution >= 4 is 11.0 Å². The van der Waals surface area contributed by atoms with Crippen molar-refractivity contribution < 1.29 is 5.11 Å². The van der Waals surface area contributed by atoms with Crippen LogP contribution < -0.4 is 5.32 Å². The van der Waals surface area contributed by atoms with Gasteiger partial charge in [-0.25, -0.2) is 4.98 Å². The second-order valence-electron chi connectivity index (χ2n) is 5.41. The van der Waals surface area contributed by atoms with Gasteiger partial charge in [-0.1, -0.05) is 19.3 Å². The van der Waals surface area contributed by atoms with E-state index >= 15 is 0 Å². The van der Waals surface area contributed by atoms with Gasteiger partial charge in [0.15, 0.2) is 0 Å². The number of aliphatic hydroxyl groups excluding tert-OH is 1. The summed E-state index contributed by atoms with van der Waals surface area (Å²) in [6.45, 7) is 0.785. The molecule has 1 aliphatic rings. The minimum Gasteiger partial charge on any atom is -0.392 e. The SMILES string of the molecule is OC1CCCCCC1NCc1c[nH]c2ncccc12. The maximum atomic E-state index is 10.1. The molecular formula is C15H21N3O. The van der Waals surface area contributed by atoms with Crippen LogP contribution in [0.4, 0.5) is 0 Å². The molecule has 3 rings (SSSR count). The summed E-state index contributed by atoms with van der Waals surface area (Å²) in [5, 5.41) is 14.8. The first-order valence-corrected chi connectivity index (χ1v) is 7.17. The normalized spacial score (nSPS) is 24.5. The lowest BCUT2D eigenvalue weighted by Crippen LogP contribution is -2.38. The lowest BCUT2D eigenvalue weighted by Gasteiger charge is -2.21. The number of nitrogens with zero attached hydrogens (tertiary/aromatic N) is 1.